The molecule has 6 amide bonds. The molecule has 1 unspecified atom stereocenters. The Balaban J connectivity index is 1.12. The molecule has 1 saturated carbocycles. The van der Waals surface area contributed by atoms with E-state index in [1.165, 1.54) is 4.90 Å². The number of amides is 6. The van der Waals surface area contributed by atoms with Crippen LogP contribution in [0.5, 0.6) is 0 Å². The molecule has 0 bridgehead atoms. The van der Waals surface area contributed by atoms with Gasteiger partial charge < -0.3 is 46.8 Å². The normalized spacial score (nSPS) is 26.3. The smallest absolute Gasteiger partial charge is 0.247 e. The van der Waals surface area contributed by atoms with Crippen LogP contribution in [0.4, 0.5) is 0 Å². The minimum atomic E-state index is -1.40. The highest BCUT2D eigenvalue weighted by molar-refractivity contribution is 6.01. The van der Waals surface area contributed by atoms with Gasteiger partial charge in [0.1, 0.15) is 35.7 Å². The molecule has 3 aliphatic heterocycles. The van der Waals surface area contributed by atoms with Gasteiger partial charge in [0.2, 0.25) is 35.4 Å². The van der Waals surface area contributed by atoms with Gasteiger partial charge in [-0.25, -0.2) is 0 Å². The first-order valence-corrected chi connectivity index (χ1v) is 22.8. The molecule has 15 heteroatoms. The average Bonchev–Trinajstić information content (AvgIpc) is 4.16. The van der Waals surface area contributed by atoms with E-state index in [-0.39, 0.29) is 31.3 Å². The molecule has 4 aliphatic rings. The van der Waals surface area contributed by atoms with Crippen molar-refractivity contribution in [1.82, 2.24) is 41.0 Å². The van der Waals surface area contributed by atoms with Crippen molar-refractivity contribution in [2.75, 3.05) is 6.54 Å². The Hall–Kier alpha value is -6.48. The first-order chi connectivity index (χ1) is 31.0. The van der Waals surface area contributed by atoms with Crippen LogP contribution >= 0.6 is 0 Å². The van der Waals surface area contributed by atoms with Crippen LogP contribution < -0.4 is 27.0 Å². The van der Waals surface area contributed by atoms with Gasteiger partial charge in [-0.3, -0.25) is 28.8 Å². The molecule has 3 aromatic carbocycles. The van der Waals surface area contributed by atoms with E-state index < -0.39 is 71.3 Å². The van der Waals surface area contributed by atoms with E-state index in [2.05, 4.69) is 31.2 Å². The maximum Gasteiger partial charge on any atom is 0.247 e. The monoisotopic (exact) mass is 867 g/mol. The number of benzene rings is 3. The van der Waals surface area contributed by atoms with Crippen LogP contribution in [-0.2, 0) is 48.0 Å². The lowest BCUT2D eigenvalue weighted by atomic mass is 9.93. The fourth-order valence-corrected chi connectivity index (χ4v) is 10.6. The molecule has 7 atom stereocenters. The van der Waals surface area contributed by atoms with Crippen LogP contribution in [-0.4, -0.2) is 110 Å². The van der Waals surface area contributed by atoms with Crippen LogP contribution in [0.2, 0.25) is 0 Å². The Morgan fingerprint density at radius 3 is 1.89 bits per heavy atom. The quantitative estimate of drug-likeness (QED) is 0.130. The Kier molecular flexibility index (Phi) is 12.0. The lowest BCUT2D eigenvalue weighted by Crippen LogP contribution is -2.66. The molecule has 1 aliphatic carbocycles. The SMILES string of the molecule is CC(N)[C@@H]1NC(=O)[C@H](Cc2c[nH]c3ccccc23)NC(=O)C2(CCCC2)NC(=O)[C@H](Cc2c[nH]c3ccccc23)NC(=O)[C@@H]2CC[C@@H](Cc3ccccc3)N2C(=O)[C@H]2CCCN2C1=O. The van der Waals surface area contributed by atoms with Gasteiger partial charge in [-0.2, -0.15) is 0 Å². The molecule has 64 heavy (non-hydrogen) atoms. The van der Waals surface area contributed by atoms with Gasteiger partial charge in [0.15, 0.2) is 0 Å². The van der Waals surface area contributed by atoms with E-state index in [1.54, 1.807) is 18.0 Å². The average molecular weight is 868 g/mol. The highest BCUT2D eigenvalue weighted by atomic mass is 16.2. The number of rotatable bonds is 7. The van der Waals surface area contributed by atoms with Crippen LogP contribution in [0.25, 0.3) is 21.8 Å². The molecule has 2 aromatic heterocycles. The van der Waals surface area contributed by atoms with E-state index >= 15 is 4.79 Å². The van der Waals surface area contributed by atoms with E-state index in [4.69, 9.17) is 5.73 Å². The molecular formula is C49H57N9O6. The Bertz CT molecular complexity index is 2560. The molecule has 0 radical (unpaired) electrons. The van der Waals surface area contributed by atoms with Crippen LogP contribution in [0.15, 0.2) is 91.3 Å². The number of carbonyl (C=O) groups excluding carboxylic acids is 6. The van der Waals surface area contributed by atoms with Gasteiger partial charge in [0.25, 0.3) is 0 Å². The zero-order valence-electron chi connectivity index (χ0n) is 36.1. The molecule has 334 valence electrons. The van der Waals surface area contributed by atoms with Gasteiger partial charge in [-0.15, -0.1) is 0 Å². The molecule has 4 fully saturated rings. The molecule has 3 saturated heterocycles. The van der Waals surface area contributed by atoms with Crippen molar-refractivity contribution in [3.63, 3.8) is 0 Å². The predicted octanol–water partition coefficient (Wildman–Crippen LogP) is 3.27. The van der Waals surface area contributed by atoms with Crippen molar-refractivity contribution < 1.29 is 28.8 Å². The number of hydrogen-bond acceptors (Lipinski definition) is 7. The topological polar surface area (TPSA) is 215 Å². The summed E-state index contributed by atoms with van der Waals surface area (Å²) < 4.78 is 0. The van der Waals surface area contributed by atoms with Crippen molar-refractivity contribution in [3.05, 3.63) is 108 Å². The largest absolute Gasteiger partial charge is 0.361 e. The minimum absolute atomic E-state index is 0.0642. The highest BCUT2D eigenvalue weighted by Crippen LogP contribution is 2.34. The summed E-state index contributed by atoms with van der Waals surface area (Å²) >= 11 is 0. The van der Waals surface area contributed by atoms with E-state index in [1.807, 2.05) is 85.1 Å². The summed E-state index contributed by atoms with van der Waals surface area (Å²) in [4.78, 5) is 98.8. The number of aromatic amines is 2. The Morgan fingerprint density at radius 2 is 1.25 bits per heavy atom. The van der Waals surface area contributed by atoms with Gasteiger partial charge in [0.05, 0.1) is 0 Å². The minimum Gasteiger partial charge on any atom is -0.361 e. The zero-order valence-corrected chi connectivity index (χ0v) is 36.1. The maximum absolute atomic E-state index is 15.1. The van der Waals surface area contributed by atoms with Crippen LogP contribution in [0.3, 0.4) is 0 Å². The standard InChI is InChI=1S/C49H57N9O6/c1-29(50)42-47(63)57-23-11-18-41(57)46(62)58-33(24-30-12-3-2-4-13-30)19-20-40(58)45(61)53-39(26-32-28-52-37-17-8-6-15-35(32)37)44(60)56-49(21-9-10-22-49)48(64)54-38(43(59)55-42)25-31-27-51-36-16-7-5-14-34(31)36/h2-8,12-17,27-29,33,38-42,51-52H,9-11,18-26,50H2,1H3,(H,53,61)(H,54,64)(H,55,59)(H,56,60)/t29?,33-,38-,39-,40-,41+,42-/m0/s1. The molecule has 8 N–H and O–H groups in total. The number of nitrogens with two attached hydrogens (primary N) is 1. The molecule has 5 heterocycles. The van der Waals surface area contributed by atoms with Gasteiger partial charge in [0, 0.05) is 65.7 Å². The number of aromatic nitrogens is 2. The lowest BCUT2D eigenvalue weighted by Gasteiger charge is -2.37. The molecular weight excluding hydrogens is 811 g/mol. The van der Waals surface area contributed by atoms with Gasteiger partial charge >= 0.3 is 0 Å². The van der Waals surface area contributed by atoms with Gasteiger partial charge in [-0.05, 0) is 80.7 Å². The van der Waals surface area contributed by atoms with E-state index in [9.17, 15) is 24.0 Å². The van der Waals surface area contributed by atoms with Crippen molar-refractivity contribution in [2.24, 2.45) is 5.73 Å². The molecule has 1 spiro atoms. The number of nitrogens with zero attached hydrogens (tertiary/aromatic N) is 2. The predicted molar refractivity (Wildman–Crippen MR) is 241 cm³/mol. The van der Waals surface area contributed by atoms with Crippen molar-refractivity contribution in [2.45, 2.75) is 125 Å². The summed E-state index contributed by atoms with van der Waals surface area (Å²) in [7, 11) is 0. The lowest BCUT2D eigenvalue weighted by molar-refractivity contribution is -0.150. The van der Waals surface area contributed by atoms with Crippen molar-refractivity contribution in [1.29, 1.82) is 0 Å². The fourth-order valence-electron chi connectivity index (χ4n) is 10.6. The number of hydrogen-bond donors (Lipinski definition) is 7. The Labute approximate surface area is 371 Å². The summed E-state index contributed by atoms with van der Waals surface area (Å²) in [5.74, 6) is -3.04. The van der Waals surface area contributed by atoms with Crippen LogP contribution in [0.1, 0.15) is 75.0 Å². The van der Waals surface area contributed by atoms with Crippen molar-refractivity contribution >= 4 is 57.2 Å². The summed E-state index contributed by atoms with van der Waals surface area (Å²) in [6.45, 7) is 1.88. The van der Waals surface area contributed by atoms with E-state index in [0.717, 1.165) is 38.5 Å². The second-order valence-electron chi connectivity index (χ2n) is 18.2. The summed E-state index contributed by atoms with van der Waals surface area (Å²) in [5, 5.41) is 13.8. The number of H-pyrrole nitrogens is 2. The first kappa shape index (κ1) is 42.8. The third-order valence-corrected chi connectivity index (χ3v) is 14.0. The van der Waals surface area contributed by atoms with E-state index in [0.29, 0.717) is 57.8 Å². The summed E-state index contributed by atoms with van der Waals surface area (Å²) in [6.07, 6.45) is 7.95. The third kappa shape index (κ3) is 8.36. The molecule has 15 nitrogen and oxygen atoms in total. The second kappa shape index (κ2) is 17.9. The molecule has 9 rings (SSSR count). The number of nitrogens with one attached hydrogen (secondary N) is 6. The third-order valence-electron chi connectivity index (χ3n) is 14.0. The fraction of sp³-hybridized carbons (Fsp3) is 0.429. The maximum atomic E-state index is 15.1. The first-order valence-electron chi connectivity index (χ1n) is 22.8. The number of para-hydroxylation sites is 2. The van der Waals surface area contributed by atoms with Gasteiger partial charge in [-0.1, -0.05) is 79.6 Å². The number of fused-ring (bicyclic) bond motifs is 4. The van der Waals surface area contributed by atoms with Crippen molar-refractivity contribution in [3.8, 4) is 0 Å². The second-order valence-corrected chi connectivity index (χ2v) is 18.2. The highest BCUT2D eigenvalue weighted by Gasteiger charge is 2.49. The summed E-state index contributed by atoms with van der Waals surface area (Å²) in [5.41, 5.74) is 9.38. The number of carbonyl (C=O) groups is 6. The summed E-state index contributed by atoms with van der Waals surface area (Å²) in [6, 6.07) is 18.5. The zero-order chi connectivity index (χ0) is 44.5. The Morgan fingerprint density at radius 1 is 0.641 bits per heavy atom. The molecule has 5 aromatic rings. The van der Waals surface area contributed by atoms with Crippen LogP contribution in [0, 0.1) is 0 Å².